The number of likely N-dealkylation sites (tertiary alicyclic amines) is 1. The largest absolute Gasteiger partial charge is 0.349 e. The van der Waals surface area contributed by atoms with E-state index in [2.05, 4.69) is 24.2 Å². The molecule has 100 valence electrons. The van der Waals surface area contributed by atoms with Crippen molar-refractivity contribution in [1.29, 1.82) is 0 Å². The summed E-state index contributed by atoms with van der Waals surface area (Å²) in [5.41, 5.74) is 0. The van der Waals surface area contributed by atoms with Gasteiger partial charge >= 0.3 is 0 Å². The number of nitrogens with zero attached hydrogens (tertiary/aromatic N) is 2. The molecule has 2 unspecified atom stereocenters. The highest BCUT2D eigenvalue weighted by Gasteiger charge is 2.22. The van der Waals surface area contributed by atoms with Gasteiger partial charge in [0.15, 0.2) is 0 Å². The van der Waals surface area contributed by atoms with Gasteiger partial charge in [0.05, 0.1) is 0 Å². The first-order chi connectivity index (χ1) is 8.00. The van der Waals surface area contributed by atoms with E-state index in [4.69, 9.17) is 0 Å². The lowest BCUT2D eigenvalue weighted by Crippen LogP contribution is -2.43. The Kier molecular flexibility index (Phi) is 5.92. The van der Waals surface area contributed by atoms with E-state index in [0.29, 0.717) is 12.5 Å². The van der Waals surface area contributed by atoms with E-state index in [1.54, 1.807) is 4.90 Å². The molecule has 0 bridgehead atoms. The van der Waals surface area contributed by atoms with Crippen molar-refractivity contribution < 1.29 is 4.79 Å². The van der Waals surface area contributed by atoms with Crippen LogP contribution in [0, 0.1) is 5.92 Å². The molecule has 4 nitrogen and oxygen atoms in total. The summed E-state index contributed by atoms with van der Waals surface area (Å²) in [6.45, 7) is 5.43. The van der Waals surface area contributed by atoms with Crippen LogP contribution in [0.3, 0.4) is 0 Å². The van der Waals surface area contributed by atoms with Gasteiger partial charge in [0.25, 0.3) is 0 Å². The van der Waals surface area contributed by atoms with Gasteiger partial charge in [-0.05, 0) is 39.3 Å². The fraction of sp³-hybridized carbons (Fsp3) is 0.923. The summed E-state index contributed by atoms with van der Waals surface area (Å²) in [5.74, 6) is 0.925. The summed E-state index contributed by atoms with van der Waals surface area (Å²) in [5, 5.41) is 3.48. The van der Waals surface area contributed by atoms with Crippen molar-refractivity contribution in [2.24, 2.45) is 5.92 Å². The number of carbonyl (C=O) groups excluding carboxylic acids is 1. The van der Waals surface area contributed by atoms with Gasteiger partial charge in [-0.1, -0.05) is 0 Å². The second-order valence-corrected chi connectivity index (χ2v) is 5.45. The molecule has 1 rings (SSSR count). The SMILES string of the molecule is CC(NCCC(=O)N(C)C)C1CCCN(C)C1. The van der Waals surface area contributed by atoms with E-state index < -0.39 is 0 Å². The van der Waals surface area contributed by atoms with E-state index in [1.807, 2.05) is 14.1 Å². The van der Waals surface area contributed by atoms with E-state index in [9.17, 15) is 4.79 Å². The topological polar surface area (TPSA) is 35.6 Å². The Morgan fingerprint density at radius 1 is 1.53 bits per heavy atom. The van der Waals surface area contributed by atoms with E-state index in [0.717, 1.165) is 12.5 Å². The number of hydrogen-bond donors (Lipinski definition) is 1. The molecule has 1 heterocycles. The molecule has 0 saturated carbocycles. The molecule has 17 heavy (non-hydrogen) atoms. The zero-order chi connectivity index (χ0) is 12.8. The van der Waals surface area contributed by atoms with Crippen molar-refractivity contribution in [1.82, 2.24) is 15.1 Å². The van der Waals surface area contributed by atoms with Gasteiger partial charge in [-0.2, -0.15) is 0 Å². The van der Waals surface area contributed by atoms with Gasteiger partial charge in [-0.15, -0.1) is 0 Å². The lowest BCUT2D eigenvalue weighted by Gasteiger charge is -2.34. The molecule has 4 heteroatoms. The van der Waals surface area contributed by atoms with Gasteiger partial charge < -0.3 is 15.1 Å². The minimum absolute atomic E-state index is 0.200. The van der Waals surface area contributed by atoms with Crippen LogP contribution in [0.1, 0.15) is 26.2 Å². The van der Waals surface area contributed by atoms with E-state index in [-0.39, 0.29) is 5.91 Å². The summed E-state index contributed by atoms with van der Waals surface area (Å²) in [6.07, 6.45) is 3.20. The summed E-state index contributed by atoms with van der Waals surface area (Å²) >= 11 is 0. The van der Waals surface area contributed by atoms with Gasteiger partial charge in [0.1, 0.15) is 0 Å². The molecular formula is C13H27N3O. The summed E-state index contributed by atoms with van der Waals surface area (Å²) in [6, 6.07) is 0.507. The fourth-order valence-corrected chi connectivity index (χ4v) is 2.41. The predicted molar refractivity (Wildman–Crippen MR) is 71.0 cm³/mol. The van der Waals surface area contributed by atoms with E-state index in [1.165, 1.54) is 25.9 Å². The third-order valence-corrected chi connectivity index (χ3v) is 3.67. The van der Waals surface area contributed by atoms with Crippen molar-refractivity contribution >= 4 is 5.91 Å². The molecule has 2 atom stereocenters. The Morgan fingerprint density at radius 2 is 2.24 bits per heavy atom. The second kappa shape index (κ2) is 6.97. The smallest absolute Gasteiger partial charge is 0.223 e. The lowest BCUT2D eigenvalue weighted by atomic mass is 9.92. The van der Waals surface area contributed by atoms with E-state index >= 15 is 0 Å². The molecule has 1 aliphatic rings. The zero-order valence-electron chi connectivity index (χ0n) is 11.7. The number of piperidine rings is 1. The molecular weight excluding hydrogens is 214 g/mol. The minimum atomic E-state index is 0.200. The average Bonchev–Trinajstić information content (AvgIpc) is 2.28. The van der Waals surface area contributed by atoms with Crippen molar-refractivity contribution in [3.63, 3.8) is 0 Å². The zero-order valence-corrected chi connectivity index (χ0v) is 11.7. The monoisotopic (exact) mass is 241 g/mol. The number of amides is 1. The number of carbonyl (C=O) groups is 1. The Balaban J connectivity index is 2.20. The molecule has 0 aromatic heterocycles. The van der Waals surface area contributed by atoms with Crippen LogP contribution in [0.4, 0.5) is 0 Å². The predicted octanol–water partition coefficient (Wildman–Crippen LogP) is 0.785. The molecule has 0 aromatic carbocycles. The summed E-state index contributed by atoms with van der Waals surface area (Å²) in [4.78, 5) is 15.5. The van der Waals surface area contributed by atoms with Crippen LogP contribution in [-0.4, -0.2) is 62.5 Å². The Morgan fingerprint density at radius 3 is 2.82 bits per heavy atom. The maximum absolute atomic E-state index is 11.4. The molecule has 0 aliphatic carbocycles. The van der Waals surface area contributed by atoms with Crippen LogP contribution in [0.2, 0.25) is 0 Å². The molecule has 1 fully saturated rings. The normalized spacial score (nSPS) is 23.4. The van der Waals surface area contributed by atoms with Crippen LogP contribution >= 0.6 is 0 Å². The Bertz CT molecular complexity index is 243. The van der Waals surface area contributed by atoms with Crippen molar-refractivity contribution in [2.45, 2.75) is 32.2 Å². The van der Waals surface area contributed by atoms with Crippen molar-refractivity contribution in [3.05, 3.63) is 0 Å². The highest BCUT2D eigenvalue weighted by Crippen LogP contribution is 2.18. The van der Waals surface area contributed by atoms with Gasteiger partial charge in [-0.25, -0.2) is 0 Å². The number of nitrogens with one attached hydrogen (secondary N) is 1. The van der Waals surface area contributed by atoms with Crippen LogP contribution in [0.25, 0.3) is 0 Å². The summed E-state index contributed by atoms with van der Waals surface area (Å²) < 4.78 is 0. The molecule has 0 radical (unpaired) electrons. The van der Waals surface area contributed by atoms with Crippen molar-refractivity contribution in [3.8, 4) is 0 Å². The highest BCUT2D eigenvalue weighted by molar-refractivity contribution is 5.75. The third kappa shape index (κ3) is 5.04. The van der Waals surface area contributed by atoms with Gasteiger partial charge in [0.2, 0.25) is 5.91 Å². The number of hydrogen-bond acceptors (Lipinski definition) is 3. The third-order valence-electron chi connectivity index (χ3n) is 3.67. The summed E-state index contributed by atoms with van der Waals surface area (Å²) in [7, 11) is 5.80. The Hall–Kier alpha value is -0.610. The maximum Gasteiger partial charge on any atom is 0.223 e. The Labute approximate surface area is 105 Å². The molecule has 1 saturated heterocycles. The van der Waals surface area contributed by atoms with Gasteiger partial charge in [0, 0.05) is 39.6 Å². The van der Waals surface area contributed by atoms with Crippen molar-refractivity contribution in [2.75, 3.05) is 40.8 Å². The minimum Gasteiger partial charge on any atom is -0.349 e. The first-order valence-corrected chi connectivity index (χ1v) is 6.62. The highest BCUT2D eigenvalue weighted by atomic mass is 16.2. The molecule has 0 spiro atoms. The van der Waals surface area contributed by atoms with Crippen LogP contribution in [0.15, 0.2) is 0 Å². The quantitative estimate of drug-likeness (QED) is 0.773. The molecule has 1 amide bonds. The standard InChI is InChI=1S/C13H27N3O/c1-11(12-6-5-9-16(4)10-12)14-8-7-13(17)15(2)3/h11-12,14H,5-10H2,1-4H3. The molecule has 1 N–H and O–H groups in total. The maximum atomic E-state index is 11.4. The molecule has 0 aromatic rings. The van der Waals surface area contributed by atoms with Crippen LogP contribution in [-0.2, 0) is 4.79 Å². The van der Waals surface area contributed by atoms with Crippen LogP contribution < -0.4 is 5.32 Å². The fourth-order valence-electron chi connectivity index (χ4n) is 2.41. The van der Waals surface area contributed by atoms with Crippen LogP contribution in [0.5, 0.6) is 0 Å². The first-order valence-electron chi connectivity index (χ1n) is 6.62. The average molecular weight is 241 g/mol. The number of rotatable bonds is 5. The van der Waals surface area contributed by atoms with Gasteiger partial charge in [-0.3, -0.25) is 4.79 Å². The molecule has 1 aliphatic heterocycles. The lowest BCUT2D eigenvalue weighted by molar-refractivity contribution is -0.128. The second-order valence-electron chi connectivity index (χ2n) is 5.45. The first kappa shape index (κ1) is 14.5.